The molecule has 2 aromatic rings. The number of carbonyl (C=O) groups is 1. The van der Waals surface area contributed by atoms with E-state index in [1.54, 1.807) is 17.8 Å². The van der Waals surface area contributed by atoms with Crippen LogP contribution in [-0.2, 0) is 55.0 Å². The van der Waals surface area contributed by atoms with Crippen molar-refractivity contribution in [3.63, 3.8) is 0 Å². The van der Waals surface area contributed by atoms with Gasteiger partial charge in [-0.1, -0.05) is 102 Å². The zero-order valence-corrected chi connectivity index (χ0v) is 30.6. The first-order valence-corrected chi connectivity index (χ1v) is 21.0. The van der Waals surface area contributed by atoms with Crippen molar-refractivity contribution in [2.75, 3.05) is 43.6 Å². The Morgan fingerprint density at radius 1 is 0.913 bits per heavy atom. The fraction of sp³-hybridized carbons (Fsp3) is 0.806. The lowest BCUT2D eigenvalue weighted by atomic mass is 10.0. The van der Waals surface area contributed by atoms with Gasteiger partial charge in [-0.3, -0.25) is 9.09 Å². The van der Waals surface area contributed by atoms with Gasteiger partial charge >= 0.3 is 13.8 Å². The number of hydrogen-bond acceptors (Lipinski definition) is 12. The molecule has 2 heterocycles. The van der Waals surface area contributed by atoms with Crippen LogP contribution in [0, 0.1) is 0 Å². The predicted molar refractivity (Wildman–Crippen MR) is 188 cm³/mol. The SMILES string of the molecule is CCCCCCCCCCCCCCCCS(=S)CCO[P@](=O)(CO[C@H](C)Cn1cnc2c(N)ncnc21)OCOC(=O)OCC. The summed E-state index contributed by atoms with van der Waals surface area (Å²) in [6, 6.07) is 0. The average molecular weight is 706 g/mol. The Morgan fingerprint density at radius 2 is 1.54 bits per heavy atom. The van der Waals surface area contributed by atoms with Gasteiger partial charge < -0.3 is 29.0 Å². The maximum absolute atomic E-state index is 13.5. The zero-order chi connectivity index (χ0) is 33.5. The summed E-state index contributed by atoms with van der Waals surface area (Å²) in [5, 5.41) is 0. The van der Waals surface area contributed by atoms with Crippen molar-refractivity contribution in [3.8, 4) is 0 Å². The minimum atomic E-state index is -3.78. The lowest BCUT2D eigenvalue weighted by Crippen LogP contribution is -2.19. The summed E-state index contributed by atoms with van der Waals surface area (Å²) >= 11 is 5.66. The van der Waals surface area contributed by atoms with Gasteiger partial charge in [-0.2, -0.15) is 0 Å². The van der Waals surface area contributed by atoms with Crippen LogP contribution in [0.5, 0.6) is 0 Å². The van der Waals surface area contributed by atoms with Crippen molar-refractivity contribution in [1.82, 2.24) is 19.5 Å². The van der Waals surface area contributed by atoms with Gasteiger partial charge in [-0.05, 0) is 26.0 Å². The molecule has 0 spiro atoms. The van der Waals surface area contributed by atoms with Crippen LogP contribution in [0.25, 0.3) is 11.2 Å². The molecule has 0 radical (unpaired) electrons. The van der Waals surface area contributed by atoms with Crippen LogP contribution in [0.3, 0.4) is 0 Å². The van der Waals surface area contributed by atoms with Crippen molar-refractivity contribution in [2.24, 2.45) is 0 Å². The van der Waals surface area contributed by atoms with Gasteiger partial charge in [-0.25, -0.2) is 19.7 Å². The zero-order valence-electron chi connectivity index (χ0n) is 28.1. The first-order valence-electron chi connectivity index (χ1n) is 16.8. The fourth-order valence-corrected chi connectivity index (χ4v) is 7.76. The van der Waals surface area contributed by atoms with E-state index in [4.69, 9.17) is 40.2 Å². The van der Waals surface area contributed by atoms with Crippen LogP contribution >= 0.6 is 7.60 Å². The molecule has 0 amide bonds. The van der Waals surface area contributed by atoms with E-state index in [2.05, 4.69) is 21.9 Å². The lowest BCUT2D eigenvalue weighted by Gasteiger charge is -2.21. The average Bonchev–Trinajstić information content (AvgIpc) is 3.44. The van der Waals surface area contributed by atoms with E-state index >= 15 is 0 Å². The molecule has 0 saturated carbocycles. The van der Waals surface area contributed by atoms with Crippen molar-refractivity contribution in [1.29, 1.82) is 0 Å². The van der Waals surface area contributed by atoms with Crippen LogP contribution in [0.4, 0.5) is 10.6 Å². The summed E-state index contributed by atoms with van der Waals surface area (Å²) in [6.07, 6.45) is 19.8. The van der Waals surface area contributed by atoms with Crippen molar-refractivity contribution in [3.05, 3.63) is 12.7 Å². The topological polar surface area (TPSA) is 150 Å². The third-order valence-corrected chi connectivity index (χ3v) is 11.3. The molecule has 15 heteroatoms. The van der Waals surface area contributed by atoms with Gasteiger partial charge in [-0.15, -0.1) is 9.45 Å². The van der Waals surface area contributed by atoms with E-state index in [0.29, 0.717) is 23.5 Å². The smallest absolute Gasteiger partial charge is 0.435 e. The number of fused-ring (bicyclic) bond motifs is 1. The summed E-state index contributed by atoms with van der Waals surface area (Å²) < 4.78 is 41.8. The predicted octanol–water partition coefficient (Wildman–Crippen LogP) is 7.69. The van der Waals surface area contributed by atoms with Crippen molar-refractivity contribution >= 4 is 51.4 Å². The molecule has 0 bridgehead atoms. The van der Waals surface area contributed by atoms with Gasteiger partial charge in [0.05, 0.1) is 32.2 Å². The Labute approximate surface area is 282 Å². The first-order chi connectivity index (χ1) is 22.3. The Balaban J connectivity index is 1.66. The minimum absolute atomic E-state index is 0.146. The summed E-state index contributed by atoms with van der Waals surface area (Å²) in [6.45, 7) is 5.80. The highest BCUT2D eigenvalue weighted by molar-refractivity contribution is 8.28. The number of aromatic nitrogens is 4. The highest BCUT2D eigenvalue weighted by Gasteiger charge is 2.28. The summed E-state index contributed by atoms with van der Waals surface area (Å²) in [4.78, 5) is 24.0. The van der Waals surface area contributed by atoms with Crippen LogP contribution in [-0.4, -0.2) is 69.6 Å². The number of nitrogens with two attached hydrogens (primary N) is 1. The van der Waals surface area contributed by atoms with Gasteiger partial charge in [0, 0.05) is 5.75 Å². The standard InChI is InChI=1S/C31H56N5O7PS2/c1-4-6-7-8-9-10-11-12-13-14-15-16-17-18-20-46(45)21-19-42-44(38,43-25-40-31(37)39-5-2)26-41-27(3)22-36-24-35-28-29(32)33-23-34-30(28)36/h23-24,27H,4-22,25-26H2,1-3H3,(H2,32,33,34)/t27-,44-,46?/m1/s1. The number of hydrogen-bond donors (Lipinski definition) is 1. The lowest BCUT2D eigenvalue weighted by molar-refractivity contribution is -0.00596. The maximum Gasteiger partial charge on any atom is 0.510 e. The quantitative estimate of drug-likeness (QED) is 0.0400. The number of rotatable bonds is 28. The van der Waals surface area contributed by atoms with E-state index < -0.39 is 26.6 Å². The minimum Gasteiger partial charge on any atom is -0.435 e. The molecule has 2 N–H and O–H groups in total. The number of nitrogens with zero attached hydrogens (tertiary/aromatic N) is 4. The van der Waals surface area contributed by atoms with Gasteiger partial charge in [0.25, 0.3) is 0 Å². The molecular weight excluding hydrogens is 649 g/mol. The summed E-state index contributed by atoms with van der Waals surface area (Å²) in [7, 11) is -4.06. The number of unbranched alkanes of at least 4 members (excludes halogenated alkanes) is 13. The molecule has 12 nitrogen and oxygen atoms in total. The molecule has 0 saturated heterocycles. The van der Waals surface area contributed by atoms with Crippen molar-refractivity contribution in [2.45, 2.75) is 123 Å². The molecular formula is C31H56N5O7PS2. The third kappa shape index (κ3) is 17.5. The summed E-state index contributed by atoms with van der Waals surface area (Å²) in [5.41, 5.74) is 6.94. The van der Waals surface area contributed by atoms with Crippen LogP contribution < -0.4 is 5.73 Å². The molecule has 1 unspecified atom stereocenters. The highest BCUT2D eigenvalue weighted by atomic mass is 32.8. The summed E-state index contributed by atoms with van der Waals surface area (Å²) in [5.74, 6) is 1.81. The molecule has 3 atom stereocenters. The largest absolute Gasteiger partial charge is 0.510 e. The number of anilines is 1. The van der Waals surface area contributed by atoms with Crippen molar-refractivity contribution < 1.29 is 32.6 Å². The molecule has 46 heavy (non-hydrogen) atoms. The van der Waals surface area contributed by atoms with E-state index in [9.17, 15) is 9.36 Å². The molecule has 2 rings (SSSR count). The Morgan fingerprint density at radius 3 is 2.17 bits per heavy atom. The molecule has 0 aliphatic carbocycles. The third-order valence-electron chi connectivity index (χ3n) is 7.41. The molecule has 0 aliphatic rings. The number of nitrogen functional groups attached to an aromatic ring is 1. The number of ether oxygens (including phenoxy) is 3. The Hall–Kier alpha value is -1.70. The van der Waals surface area contributed by atoms with Crippen LogP contribution in [0.15, 0.2) is 12.7 Å². The molecule has 0 aliphatic heterocycles. The maximum atomic E-state index is 13.5. The monoisotopic (exact) mass is 705 g/mol. The second kappa shape index (κ2) is 24.4. The fourth-order valence-electron chi connectivity index (χ4n) is 4.84. The number of imidazole rings is 1. The van der Waals surface area contributed by atoms with E-state index in [1.807, 2.05) is 6.92 Å². The second-order valence-corrected chi connectivity index (χ2v) is 16.5. The molecule has 0 fully saturated rings. The van der Waals surface area contributed by atoms with Crippen LogP contribution in [0.1, 0.15) is 111 Å². The Kier molecular flexibility index (Phi) is 21.5. The van der Waals surface area contributed by atoms with Gasteiger partial charge in [0.2, 0.25) is 6.79 Å². The van der Waals surface area contributed by atoms with E-state index in [-0.39, 0.29) is 34.8 Å². The van der Waals surface area contributed by atoms with Gasteiger partial charge in [0.1, 0.15) is 18.2 Å². The molecule has 0 aromatic carbocycles. The van der Waals surface area contributed by atoms with E-state index in [0.717, 1.165) is 12.2 Å². The van der Waals surface area contributed by atoms with Crippen LogP contribution in [0.2, 0.25) is 0 Å². The molecule has 2 aromatic heterocycles. The second-order valence-electron chi connectivity index (χ2n) is 11.4. The molecule has 264 valence electrons. The number of carbonyl (C=O) groups excluding carboxylic acids is 1. The van der Waals surface area contributed by atoms with Gasteiger partial charge in [0.15, 0.2) is 11.5 Å². The Bertz CT molecular complexity index is 1190. The first kappa shape index (κ1) is 40.5. The normalized spacial score (nSPS) is 14.2. The highest BCUT2D eigenvalue weighted by Crippen LogP contribution is 2.48. The van der Waals surface area contributed by atoms with E-state index in [1.165, 1.54) is 89.8 Å².